The fourth-order valence-electron chi connectivity index (χ4n) is 0.287. The molecule has 0 heterocycles. The molecule has 0 fully saturated rings. The van der Waals surface area contributed by atoms with Crippen molar-refractivity contribution in [3.8, 4) is 0 Å². The van der Waals surface area contributed by atoms with Gasteiger partial charge in [0.15, 0.2) is 0 Å². The molecule has 0 atom stereocenters. The normalized spacial score (nSPS) is 7.40. The highest BCUT2D eigenvalue weighted by Gasteiger charge is 1.69. The van der Waals surface area contributed by atoms with E-state index in [0.29, 0.717) is 0 Å². The molecule has 60 valence electrons. The lowest BCUT2D eigenvalue weighted by Crippen LogP contribution is -2.11. The minimum atomic E-state index is 0.750. The van der Waals surface area contributed by atoms with Crippen LogP contribution in [0.15, 0.2) is 25.3 Å². The molecule has 0 aliphatic carbocycles. The van der Waals surface area contributed by atoms with Gasteiger partial charge >= 0.3 is 0 Å². The van der Waals surface area contributed by atoms with E-state index >= 15 is 0 Å². The van der Waals surface area contributed by atoms with Gasteiger partial charge in [-0.25, -0.2) is 0 Å². The van der Waals surface area contributed by atoms with Crippen LogP contribution in [-0.2, 0) is 0 Å². The van der Waals surface area contributed by atoms with Crippen LogP contribution in [0.5, 0.6) is 0 Å². The van der Waals surface area contributed by atoms with Crippen molar-refractivity contribution < 1.29 is 0 Å². The van der Waals surface area contributed by atoms with Crippen LogP contribution in [0.25, 0.3) is 0 Å². The zero-order valence-electron chi connectivity index (χ0n) is 6.77. The molecule has 0 spiro atoms. The molecule has 0 aliphatic rings. The van der Waals surface area contributed by atoms with Gasteiger partial charge in [0.1, 0.15) is 0 Å². The number of hydrogen-bond donors (Lipinski definition) is 2. The van der Waals surface area contributed by atoms with E-state index in [0.717, 1.165) is 19.6 Å². The van der Waals surface area contributed by atoms with E-state index in [9.17, 15) is 0 Å². The summed E-state index contributed by atoms with van der Waals surface area (Å²) in [4.78, 5) is 0. The number of rotatable bonds is 4. The third-order valence-corrected chi connectivity index (χ3v) is 0.577. The van der Waals surface area contributed by atoms with Crippen LogP contribution in [-0.4, -0.2) is 19.6 Å². The average molecular weight is 142 g/mol. The predicted molar refractivity (Wildman–Crippen MR) is 48.0 cm³/mol. The number of nitrogens with one attached hydrogen (secondary N) is 1. The van der Waals surface area contributed by atoms with Gasteiger partial charge in [-0.1, -0.05) is 19.1 Å². The van der Waals surface area contributed by atoms with Crippen LogP contribution in [0.4, 0.5) is 0 Å². The van der Waals surface area contributed by atoms with Gasteiger partial charge in [0.05, 0.1) is 0 Å². The first-order valence-electron chi connectivity index (χ1n) is 3.46. The molecule has 0 amide bonds. The second kappa shape index (κ2) is 15.8. The van der Waals surface area contributed by atoms with Crippen molar-refractivity contribution in [2.45, 2.75) is 6.92 Å². The molecule has 0 saturated heterocycles. The van der Waals surface area contributed by atoms with Crippen LogP contribution in [0.1, 0.15) is 6.92 Å². The summed E-state index contributed by atoms with van der Waals surface area (Å²) >= 11 is 0. The molecule has 0 bridgehead atoms. The monoisotopic (exact) mass is 142 g/mol. The Hall–Kier alpha value is -0.600. The van der Waals surface area contributed by atoms with Crippen molar-refractivity contribution in [2.75, 3.05) is 19.6 Å². The molecule has 0 rings (SSSR count). The molecule has 3 N–H and O–H groups in total. The quantitative estimate of drug-likeness (QED) is 0.452. The molecule has 0 aromatic rings. The van der Waals surface area contributed by atoms with Crippen LogP contribution in [0, 0.1) is 0 Å². The number of nitrogens with two attached hydrogens (primary N) is 1. The van der Waals surface area contributed by atoms with Crippen molar-refractivity contribution in [3.05, 3.63) is 25.3 Å². The topological polar surface area (TPSA) is 38.0 Å². The summed E-state index contributed by atoms with van der Waals surface area (Å²) in [5, 5.41) is 3.05. The highest BCUT2D eigenvalue weighted by Crippen LogP contribution is 1.59. The molecular weight excluding hydrogens is 124 g/mol. The predicted octanol–water partition coefficient (Wildman–Crippen LogP) is 0.913. The first-order chi connectivity index (χ1) is 4.83. The molecule has 0 aromatic carbocycles. The lowest BCUT2D eigenvalue weighted by molar-refractivity contribution is 0.845. The summed E-state index contributed by atoms with van der Waals surface area (Å²) in [5.41, 5.74) is 4.85. The van der Waals surface area contributed by atoms with Gasteiger partial charge in [0.2, 0.25) is 0 Å². The Labute approximate surface area is 63.8 Å². The van der Waals surface area contributed by atoms with E-state index in [-0.39, 0.29) is 0 Å². The molecule has 0 saturated carbocycles. The summed E-state index contributed by atoms with van der Waals surface area (Å²) in [6, 6.07) is 0. The highest BCUT2D eigenvalue weighted by atomic mass is 14.8. The van der Waals surface area contributed by atoms with Gasteiger partial charge in [-0.05, 0) is 6.54 Å². The SMILES string of the molecule is C=CCNCC=C.CCN. The summed E-state index contributed by atoms with van der Waals surface area (Å²) in [6.07, 6.45) is 3.65. The zero-order valence-corrected chi connectivity index (χ0v) is 6.77. The molecule has 0 unspecified atom stereocenters. The maximum Gasteiger partial charge on any atom is 0.0135 e. The van der Waals surface area contributed by atoms with Crippen LogP contribution >= 0.6 is 0 Å². The Morgan fingerprint density at radius 3 is 1.80 bits per heavy atom. The first kappa shape index (κ1) is 12.1. The standard InChI is InChI=1S/C6H11N.C2H7N/c1-3-5-7-6-4-2;1-2-3/h3-4,7H,1-2,5-6H2;2-3H2,1H3. The third-order valence-electron chi connectivity index (χ3n) is 0.577. The molecule has 0 radical (unpaired) electrons. The minimum absolute atomic E-state index is 0.750. The largest absolute Gasteiger partial charge is 0.331 e. The van der Waals surface area contributed by atoms with Gasteiger partial charge < -0.3 is 11.1 Å². The molecule has 2 heteroatoms. The molecule has 0 aromatic heterocycles. The lowest BCUT2D eigenvalue weighted by Gasteiger charge is -1.90. The van der Waals surface area contributed by atoms with Crippen LogP contribution < -0.4 is 11.1 Å². The third kappa shape index (κ3) is 26.2. The van der Waals surface area contributed by atoms with E-state index in [1.54, 1.807) is 0 Å². The van der Waals surface area contributed by atoms with Crippen molar-refractivity contribution in [2.24, 2.45) is 5.73 Å². The second-order valence-corrected chi connectivity index (χ2v) is 1.64. The Bertz CT molecular complexity index is 61.7. The number of hydrogen-bond acceptors (Lipinski definition) is 2. The first-order valence-corrected chi connectivity index (χ1v) is 3.46. The zero-order chi connectivity index (χ0) is 8.24. The molecule has 2 nitrogen and oxygen atoms in total. The summed E-state index contributed by atoms with van der Waals surface area (Å²) in [7, 11) is 0. The second-order valence-electron chi connectivity index (χ2n) is 1.64. The van der Waals surface area contributed by atoms with Gasteiger partial charge in [-0.2, -0.15) is 0 Å². The van der Waals surface area contributed by atoms with Crippen molar-refractivity contribution >= 4 is 0 Å². The smallest absolute Gasteiger partial charge is 0.0135 e. The average Bonchev–Trinajstić information content (AvgIpc) is 1.91. The Balaban J connectivity index is 0. The van der Waals surface area contributed by atoms with Gasteiger partial charge in [0.25, 0.3) is 0 Å². The van der Waals surface area contributed by atoms with E-state index in [1.807, 2.05) is 19.1 Å². The maximum atomic E-state index is 4.85. The molecule has 0 aliphatic heterocycles. The van der Waals surface area contributed by atoms with E-state index < -0.39 is 0 Å². The summed E-state index contributed by atoms with van der Waals surface area (Å²) in [5.74, 6) is 0. The lowest BCUT2D eigenvalue weighted by atomic mass is 10.5. The van der Waals surface area contributed by atoms with Crippen LogP contribution in [0.2, 0.25) is 0 Å². The molecular formula is C8H18N2. The Kier molecular flexibility index (Phi) is 19.1. The fraction of sp³-hybridized carbons (Fsp3) is 0.500. The van der Waals surface area contributed by atoms with E-state index in [2.05, 4.69) is 18.5 Å². The fourth-order valence-corrected chi connectivity index (χ4v) is 0.287. The van der Waals surface area contributed by atoms with Gasteiger partial charge in [0, 0.05) is 13.1 Å². The van der Waals surface area contributed by atoms with Gasteiger partial charge in [-0.15, -0.1) is 13.2 Å². The van der Waals surface area contributed by atoms with Crippen molar-refractivity contribution in [1.29, 1.82) is 0 Å². The van der Waals surface area contributed by atoms with Gasteiger partial charge in [-0.3, -0.25) is 0 Å². The molecule has 10 heavy (non-hydrogen) atoms. The Morgan fingerprint density at radius 1 is 1.30 bits per heavy atom. The minimum Gasteiger partial charge on any atom is -0.331 e. The van der Waals surface area contributed by atoms with E-state index in [1.165, 1.54) is 0 Å². The van der Waals surface area contributed by atoms with Crippen molar-refractivity contribution in [1.82, 2.24) is 5.32 Å². The Morgan fingerprint density at radius 2 is 1.60 bits per heavy atom. The summed E-state index contributed by atoms with van der Waals surface area (Å²) in [6.45, 7) is 11.5. The van der Waals surface area contributed by atoms with Crippen LogP contribution in [0.3, 0.4) is 0 Å². The summed E-state index contributed by atoms with van der Waals surface area (Å²) < 4.78 is 0. The maximum absolute atomic E-state index is 4.85. The van der Waals surface area contributed by atoms with E-state index in [4.69, 9.17) is 5.73 Å². The van der Waals surface area contributed by atoms with Crippen molar-refractivity contribution in [3.63, 3.8) is 0 Å². The highest BCUT2D eigenvalue weighted by molar-refractivity contribution is 4.75.